The van der Waals surface area contributed by atoms with Crippen molar-refractivity contribution in [3.8, 4) is 0 Å². The van der Waals surface area contributed by atoms with E-state index in [0.29, 0.717) is 12.5 Å². The summed E-state index contributed by atoms with van der Waals surface area (Å²) < 4.78 is 0. The number of hydrogen-bond acceptors (Lipinski definition) is 4. The summed E-state index contributed by atoms with van der Waals surface area (Å²) >= 11 is 1.49. The zero-order valence-electron chi connectivity index (χ0n) is 15.6. The highest BCUT2D eigenvalue weighted by atomic mass is 32.1. The maximum absolute atomic E-state index is 12.4. The fourth-order valence-corrected chi connectivity index (χ4v) is 4.01. The number of nitrogens with zero attached hydrogens (tertiary/aromatic N) is 2. The lowest BCUT2D eigenvalue weighted by Gasteiger charge is -2.35. The second-order valence-electron chi connectivity index (χ2n) is 7.06. The van der Waals surface area contributed by atoms with Crippen molar-refractivity contribution < 1.29 is 9.90 Å². The van der Waals surface area contributed by atoms with Crippen LogP contribution in [0.25, 0.3) is 0 Å². The molecule has 1 saturated heterocycles. The van der Waals surface area contributed by atoms with Gasteiger partial charge in [0.15, 0.2) is 0 Å². The first-order valence-corrected chi connectivity index (χ1v) is 10.3. The summed E-state index contributed by atoms with van der Waals surface area (Å²) in [7, 11) is 0. The van der Waals surface area contributed by atoms with Crippen LogP contribution in [0.5, 0.6) is 0 Å². The fraction of sp³-hybridized carbons (Fsp3) is 0.476. The van der Waals surface area contributed by atoms with E-state index in [1.165, 1.54) is 16.9 Å². The van der Waals surface area contributed by atoms with Crippen molar-refractivity contribution in [2.24, 2.45) is 0 Å². The van der Waals surface area contributed by atoms with Crippen LogP contribution in [0.15, 0.2) is 41.8 Å². The monoisotopic (exact) mass is 372 g/mol. The third-order valence-electron chi connectivity index (χ3n) is 5.33. The Kier molecular flexibility index (Phi) is 6.46. The average molecular weight is 373 g/mol. The molecule has 1 aromatic carbocycles. The molecule has 1 aliphatic heterocycles. The van der Waals surface area contributed by atoms with Crippen LogP contribution in [0.2, 0.25) is 0 Å². The van der Waals surface area contributed by atoms with Crippen molar-refractivity contribution in [1.29, 1.82) is 0 Å². The van der Waals surface area contributed by atoms with Gasteiger partial charge in [-0.15, -0.1) is 11.3 Å². The van der Waals surface area contributed by atoms with Gasteiger partial charge < -0.3 is 10.0 Å². The van der Waals surface area contributed by atoms with Gasteiger partial charge in [-0.3, -0.25) is 9.69 Å². The number of rotatable bonds is 6. The summed E-state index contributed by atoms with van der Waals surface area (Å²) in [5.41, 5.74) is 2.29. The number of carbonyl (C=O) groups is 1. The number of piperazine rings is 1. The van der Waals surface area contributed by atoms with Crippen LogP contribution >= 0.6 is 11.3 Å². The van der Waals surface area contributed by atoms with Gasteiger partial charge in [-0.25, -0.2) is 0 Å². The molecule has 1 amide bonds. The number of benzene rings is 1. The lowest BCUT2D eigenvalue weighted by atomic mass is 9.96. The lowest BCUT2D eigenvalue weighted by Crippen LogP contribution is -2.49. The molecular weight excluding hydrogens is 344 g/mol. The first kappa shape index (κ1) is 19.1. The third-order valence-corrected chi connectivity index (χ3v) is 6.18. The Morgan fingerprint density at radius 2 is 1.77 bits per heavy atom. The topological polar surface area (TPSA) is 43.8 Å². The van der Waals surface area contributed by atoms with Crippen molar-refractivity contribution in [3.63, 3.8) is 0 Å². The van der Waals surface area contributed by atoms with Gasteiger partial charge in [0.05, 0.1) is 11.0 Å². The van der Waals surface area contributed by atoms with E-state index in [1.54, 1.807) is 0 Å². The molecule has 140 valence electrons. The Balaban J connectivity index is 1.50. The van der Waals surface area contributed by atoms with E-state index in [1.807, 2.05) is 34.5 Å². The number of carbonyl (C=O) groups excluding carboxylic acids is 1. The predicted molar refractivity (Wildman–Crippen MR) is 107 cm³/mol. The van der Waals surface area contributed by atoms with Crippen LogP contribution in [-0.4, -0.2) is 53.5 Å². The van der Waals surface area contributed by atoms with E-state index >= 15 is 0 Å². The molecule has 26 heavy (non-hydrogen) atoms. The zero-order chi connectivity index (χ0) is 18.5. The molecule has 4 nitrogen and oxygen atoms in total. The number of hydrogen-bond donors (Lipinski definition) is 1. The van der Waals surface area contributed by atoms with Crippen LogP contribution < -0.4 is 0 Å². The molecule has 1 aliphatic rings. The number of β-amino-alcohol motifs (C(OH)–C–C–N with tert-alkyl or cyclic N) is 1. The quantitative estimate of drug-likeness (QED) is 0.840. The minimum atomic E-state index is -0.486. The highest BCUT2D eigenvalue weighted by Crippen LogP contribution is 2.22. The number of amides is 1. The lowest BCUT2D eigenvalue weighted by molar-refractivity contribution is 0.0531. The van der Waals surface area contributed by atoms with Crippen molar-refractivity contribution in [2.75, 3.05) is 32.7 Å². The van der Waals surface area contributed by atoms with Gasteiger partial charge in [-0.1, -0.05) is 44.2 Å². The molecule has 5 heteroatoms. The molecule has 0 saturated carbocycles. The van der Waals surface area contributed by atoms with Crippen LogP contribution in [-0.2, 0) is 0 Å². The van der Waals surface area contributed by atoms with Gasteiger partial charge in [0.2, 0.25) is 0 Å². The van der Waals surface area contributed by atoms with Crippen LogP contribution in [0.4, 0.5) is 0 Å². The first-order valence-electron chi connectivity index (χ1n) is 9.41. The van der Waals surface area contributed by atoms with Gasteiger partial charge in [-0.2, -0.15) is 0 Å². The highest BCUT2D eigenvalue weighted by molar-refractivity contribution is 7.12. The average Bonchev–Trinajstić information content (AvgIpc) is 3.22. The molecule has 3 rings (SSSR count). The summed E-state index contributed by atoms with van der Waals surface area (Å²) in [5.74, 6) is 0.677. The summed E-state index contributed by atoms with van der Waals surface area (Å²) in [6.07, 6.45) is 0.636. The fourth-order valence-electron chi connectivity index (χ4n) is 3.32. The molecule has 2 atom stereocenters. The van der Waals surface area contributed by atoms with Crippen molar-refractivity contribution in [3.05, 3.63) is 57.8 Å². The molecule has 2 aromatic rings. The summed E-state index contributed by atoms with van der Waals surface area (Å²) in [5, 5.41) is 12.5. The minimum absolute atomic E-state index is 0.126. The van der Waals surface area contributed by atoms with E-state index in [0.717, 1.165) is 43.0 Å². The second kappa shape index (κ2) is 8.80. The van der Waals surface area contributed by atoms with Crippen LogP contribution in [0.3, 0.4) is 0 Å². The summed E-state index contributed by atoms with van der Waals surface area (Å²) in [4.78, 5) is 17.4. The Bertz CT molecular complexity index is 691. The standard InChI is InChI=1S/C21H28N2O2S/c1-3-16(2)17-6-8-18(9-7-17)19(24)15-22-10-12-23(13-11-22)21(25)20-5-4-14-26-20/h4-9,14,16,19,24H,3,10-13,15H2,1-2H3/t16-,19-/m1/s1. The smallest absolute Gasteiger partial charge is 0.264 e. The molecule has 0 radical (unpaired) electrons. The maximum atomic E-state index is 12.4. The molecule has 1 aromatic heterocycles. The molecule has 1 fully saturated rings. The largest absolute Gasteiger partial charge is 0.387 e. The molecule has 0 spiro atoms. The third kappa shape index (κ3) is 4.53. The number of aliphatic hydroxyl groups excluding tert-OH is 1. The molecule has 0 bridgehead atoms. The highest BCUT2D eigenvalue weighted by Gasteiger charge is 2.24. The van der Waals surface area contributed by atoms with E-state index in [2.05, 4.69) is 30.9 Å². The minimum Gasteiger partial charge on any atom is -0.387 e. The van der Waals surface area contributed by atoms with Crippen LogP contribution in [0.1, 0.15) is 53.1 Å². The Labute approximate surface area is 160 Å². The Morgan fingerprint density at radius 3 is 2.35 bits per heavy atom. The second-order valence-corrected chi connectivity index (χ2v) is 8.01. The molecule has 0 unspecified atom stereocenters. The van der Waals surface area contributed by atoms with Crippen LogP contribution in [0, 0.1) is 0 Å². The SMILES string of the molecule is CC[C@@H](C)c1ccc([C@H](O)CN2CCN(C(=O)c3cccs3)CC2)cc1. The van der Waals surface area contributed by atoms with Gasteiger partial charge in [-0.05, 0) is 34.9 Å². The van der Waals surface area contributed by atoms with E-state index < -0.39 is 6.10 Å². The van der Waals surface area contributed by atoms with Gasteiger partial charge >= 0.3 is 0 Å². The molecular formula is C21H28N2O2S. The number of aliphatic hydroxyl groups is 1. The first-order chi connectivity index (χ1) is 12.6. The molecule has 2 heterocycles. The summed E-state index contributed by atoms with van der Waals surface area (Å²) in [6, 6.07) is 12.1. The molecule has 0 aliphatic carbocycles. The molecule has 1 N–H and O–H groups in total. The normalized spacial score (nSPS) is 17.9. The maximum Gasteiger partial charge on any atom is 0.264 e. The van der Waals surface area contributed by atoms with E-state index in [9.17, 15) is 9.90 Å². The Hall–Kier alpha value is -1.69. The number of thiophene rings is 1. The van der Waals surface area contributed by atoms with E-state index in [-0.39, 0.29) is 5.91 Å². The van der Waals surface area contributed by atoms with Crippen molar-refractivity contribution in [1.82, 2.24) is 9.80 Å². The van der Waals surface area contributed by atoms with Gasteiger partial charge in [0.25, 0.3) is 5.91 Å². The van der Waals surface area contributed by atoms with Gasteiger partial charge in [0.1, 0.15) is 0 Å². The Morgan fingerprint density at radius 1 is 1.12 bits per heavy atom. The van der Waals surface area contributed by atoms with Crippen molar-refractivity contribution >= 4 is 17.2 Å². The van der Waals surface area contributed by atoms with E-state index in [4.69, 9.17) is 0 Å². The zero-order valence-corrected chi connectivity index (χ0v) is 16.4. The van der Waals surface area contributed by atoms with Gasteiger partial charge in [0, 0.05) is 32.7 Å². The predicted octanol–water partition coefficient (Wildman–Crippen LogP) is 3.75. The van der Waals surface area contributed by atoms with Crippen molar-refractivity contribution in [2.45, 2.75) is 32.3 Å². The summed E-state index contributed by atoms with van der Waals surface area (Å²) in [6.45, 7) is 8.08.